The minimum absolute atomic E-state index is 0.121. The number of rotatable bonds is 6. The predicted octanol–water partition coefficient (Wildman–Crippen LogP) is 2.71. The molecule has 0 spiro atoms. The van der Waals surface area contributed by atoms with E-state index in [2.05, 4.69) is 39.4 Å². The number of amides is 3. The molecule has 0 aliphatic carbocycles. The maximum absolute atomic E-state index is 13.0. The van der Waals surface area contributed by atoms with E-state index in [1.807, 2.05) is 43.3 Å². The zero-order valence-corrected chi connectivity index (χ0v) is 16.9. The van der Waals surface area contributed by atoms with Gasteiger partial charge in [-0.05, 0) is 37.5 Å². The second-order valence-electron chi connectivity index (χ2n) is 8.06. The molecule has 1 N–H and O–H groups in total. The summed E-state index contributed by atoms with van der Waals surface area (Å²) >= 11 is 0. The van der Waals surface area contributed by atoms with Crippen LogP contribution in [0.15, 0.2) is 60.7 Å². The second-order valence-corrected chi connectivity index (χ2v) is 8.06. The zero-order valence-electron chi connectivity index (χ0n) is 16.9. The Bertz CT molecular complexity index is 850. The lowest BCUT2D eigenvalue weighted by Gasteiger charge is -2.37. The van der Waals surface area contributed by atoms with Crippen LogP contribution < -0.4 is 10.2 Å². The Morgan fingerprint density at radius 3 is 2.17 bits per heavy atom. The highest BCUT2D eigenvalue weighted by molar-refractivity contribution is 6.06. The number of nitrogens with zero attached hydrogens (tertiary/aromatic N) is 3. The molecule has 3 amide bonds. The molecule has 2 aliphatic heterocycles. The number of benzene rings is 2. The molecule has 2 aliphatic rings. The summed E-state index contributed by atoms with van der Waals surface area (Å²) in [6, 6.07) is 20.1. The first-order valence-corrected chi connectivity index (χ1v) is 10.3. The smallest absolute Gasteiger partial charge is 0.326 e. The Hall–Kier alpha value is -2.86. The summed E-state index contributed by atoms with van der Waals surface area (Å²) in [6.45, 7) is 5.62. The second kappa shape index (κ2) is 8.25. The Kier molecular flexibility index (Phi) is 5.53. The molecule has 1 atom stereocenters. The summed E-state index contributed by atoms with van der Waals surface area (Å²) < 4.78 is 0. The fourth-order valence-corrected chi connectivity index (χ4v) is 4.07. The lowest BCUT2D eigenvalue weighted by molar-refractivity contribution is -0.132. The van der Waals surface area contributed by atoms with E-state index in [1.54, 1.807) is 0 Å². The third kappa shape index (κ3) is 4.27. The monoisotopic (exact) mass is 392 g/mol. The Balaban J connectivity index is 1.32. The van der Waals surface area contributed by atoms with Crippen molar-refractivity contribution in [1.29, 1.82) is 0 Å². The number of aryl methyl sites for hydroxylation is 1. The van der Waals surface area contributed by atoms with E-state index < -0.39 is 5.54 Å². The topological polar surface area (TPSA) is 55.9 Å². The number of imide groups is 1. The molecule has 152 valence electrons. The van der Waals surface area contributed by atoms with Gasteiger partial charge in [-0.1, -0.05) is 48.5 Å². The van der Waals surface area contributed by atoms with Crippen LogP contribution in [0.3, 0.4) is 0 Å². The number of carbonyl (C=O) groups excluding carboxylic acids is 2. The quantitative estimate of drug-likeness (QED) is 0.768. The number of anilines is 1. The van der Waals surface area contributed by atoms with Crippen molar-refractivity contribution >= 4 is 17.6 Å². The largest absolute Gasteiger partial charge is 0.369 e. The zero-order chi connectivity index (χ0) is 20.3. The summed E-state index contributed by atoms with van der Waals surface area (Å²) in [5.41, 5.74) is 1.56. The molecule has 2 heterocycles. The number of hydrogen-bond acceptors (Lipinski definition) is 4. The number of piperazine rings is 1. The Labute approximate surface area is 172 Å². The van der Waals surface area contributed by atoms with Crippen molar-refractivity contribution in [3.05, 3.63) is 66.2 Å². The standard InChI is InChI=1S/C23H28N4O2/c1-23(13-12-19-8-4-2-5-9-19)21(28)27(22(29)24-23)18-25-14-16-26(17-15-25)20-10-6-3-7-11-20/h2-11H,12-18H2,1H3,(H,24,29)/t23-/m1/s1. The van der Waals surface area contributed by atoms with Gasteiger partial charge in [-0.15, -0.1) is 0 Å². The van der Waals surface area contributed by atoms with Gasteiger partial charge in [-0.3, -0.25) is 9.69 Å². The number of carbonyl (C=O) groups is 2. The highest BCUT2D eigenvalue weighted by Crippen LogP contribution is 2.24. The molecular formula is C23H28N4O2. The van der Waals surface area contributed by atoms with Crippen LogP contribution in [0.25, 0.3) is 0 Å². The first-order valence-electron chi connectivity index (χ1n) is 10.3. The molecule has 0 radical (unpaired) electrons. The van der Waals surface area contributed by atoms with E-state index in [9.17, 15) is 9.59 Å². The van der Waals surface area contributed by atoms with Crippen LogP contribution in [0.1, 0.15) is 18.9 Å². The molecule has 29 heavy (non-hydrogen) atoms. The van der Waals surface area contributed by atoms with Crippen molar-refractivity contribution in [2.75, 3.05) is 37.7 Å². The normalized spacial score (nSPS) is 22.8. The molecule has 2 aromatic carbocycles. The van der Waals surface area contributed by atoms with Crippen LogP contribution >= 0.6 is 0 Å². The van der Waals surface area contributed by atoms with Gasteiger partial charge >= 0.3 is 6.03 Å². The van der Waals surface area contributed by atoms with Crippen LogP contribution in [0.2, 0.25) is 0 Å². The van der Waals surface area contributed by atoms with Crippen molar-refractivity contribution in [1.82, 2.24) is 15.1 Å². The van der Waals surface area contributed by atoms with Gasteiger partial charge in [0.25, 0.3) is 5.91 Å². The fraction of sp³-hybridized carbons (Fsp3) is 0.391. The summed E-state index contributed by atoms with van der Waals surface area (Å²) in [5, 5.41) is 2.92. The van der Waals surface area contributed by atoms with Crippen molar-refractivity contribution in [3.8, 4) is 0 Å². The summed E-state index contributed by atoms with van der Waals surface area (Å²) in [7, 11) is 0. The highest BCUT2D eigenvalue weighted by Gasteiger charge is 2.47. The highest BCUT2D eigenvalue weighted by atomic mass is 16.2. The predicted molar refractivity (Wildman–Crippen MR) is 114 cm³/mol. The maximum Gasteiger partial charge on any atom is 0.326 e. The number of nitrogens with one attached hydrogen (secondary N) is 1. The van der Waals surface area contributed by atoms with E-state index in [-0.39, 0.29) is 11.9 Å². The van der Waals surface area contributed by atoms with Crippen LogP contribution in [0.4, 0.5) is 10.5 Å². The molecule has 4 rings (SSSR count). The van der Waals surface area contributed by atoms with Crippen LogP contribution in [0.5, 0.6) is 0 Å². The van der Waals surface area contributed by atoms with Gasteiger partial charge in [-0.25, -0.2) is 9.69 Å². The van der Waals surface area contributed by atoms with E-state index in [0.717, 1.165) is 32.6 Å². The Morgan fingerprint density at radius 1 is 0.897 bits per heavy atom. The average molecular weight is 393 g/mol. The van der Waals surface area contributed by atoms with Crippen LogP contribution in [-0.2, 0) is 11.2 Å². The summed E-state index contributed by atoms with van der Waals surface area (Å²) in [4.78, 5) is 31.5. The minimum Gasteiger partial charge on any atom is -0.369 e. The van der Waals surface area contributed by atoms with Crippen molar-refractivity contribution in [2.24, 2.45) is 0 Å². The average Bonchev–Trinajstić information content (AvgIpc) is 2.97. The Morgan fingerprint density at radius 2 is 1.52 bits per heavy atom. The molecule has 2 saturated heterocycles. The summed E-state index contributed by atoms with van der Waals surface area (Å²) in [6.07, 6.45) is 1.35. The molecule has 6 heteroatoms. The number of urea groups is 1. The van der Waals surface area contributed by atoms with Gasteiger partial charge in [-0.2, -0.15) is 0 Å². The fourth-order valence-electron chi connectivity index (χ4n) is 4.07. The molecule has 0 unspecified atom stereocenters. The molecule has 6 nitrogen and oxygen atoms in total. The van der Waals surface area contributed by atoms with E-state index >= 15 is 0 Å². The van der Waals surface area contributed by atoms with Gasteiger partial charge in [0.05, 0.1) is 6.67 Å². The lowest BCUT2D eigenvalue weighted by atomic mass is 9.93. The first kappa shape index (κ1) is 19.5. The molecule has 0 aromatic heterocycles. The van der Waals surface area contributed by atoms with Crippen molar-refractivity contribution < 1.29 is 9.59 Å². The van der Waals surface area contributed by atoms with E-state index in [1.165, 1.54) is 16.2 Å². The van der Waals surface area contributed by atoms with Gasteiger partial charge in [0.2, 0.25) is 0 Å². The van der Waals surface area contributed by atoms with Gasteiger partial charge < -0.3 is 10.2 Å². The van der Waals surface area contributed by atoms with Crippen LogP contribution in [-0.4, -0.2) is 60.1 Å². The SMILES string of the molecule is C[C@]1(CCc2ccccc2)NC(=O)N(CN2CCN(c3ccccc3)CC2)C1=O. The molecule has 2 aromatic rings. The van der Waals surface area contributed by atoms with Gasteiger partial charge in [0.1, 0.15) is 5.54 Å². The van der Waals surface area contributed by atoms with E-state index in [0.29, 0.717) is 13.1 Å². The summed E-state index contributed by atoms with van der Waals surface area (Å²) in [5.74, 6) is -0.121. The first-order chi connectivity index (χ1) is 14.0. The number of para-hydroxylation sites is 1. The van der Waals surface area contributed by atoms with Crippen molar-refractivity contribution in [3.63, 3.8) is 0 Å². The lowest BCUT2D eigenvalue weighted by Crippen LogP contribution is -2.52. The van der Waals surface area contributed by atoms with Crippen LogP contribution in [0, 0.1) is 0 Å². The third-order valence-electron chi connectivity index (χ3n) is 5.94. The van der Waals surface area contributed by atoms with Crippen molar-refractivity contribution in [2.45, 2.75) is 25.3 Å². The van der Waals surface area contributed by atoms with Gasteiger partial charge in [0, 0.05) is 31.9 Å². The van der Waals surface area contributed by atoms with E-state index in [4.69, 9.17) is 0 Å². The third-order valence-corrected chi connectivity index (χ3v) is 5.94. The number of hydrogen-bond donors (Lipinski definition) is 1. The molecular weight excluding hydrogens is 364 g/mol. The molecule has 0 saturated carbocycles. The maximum atomic E-state index is 13.0. The molecule has 2 fully saturated rings. The minimum atomic E-state index is -0.835. The molecule has 0 bridgehead atoms. The van der Waals surface area contributed by atoms with Gasteiger partial charge in [0.15, 0.2) is 0 Å².